The first-order valence-corrected chi connectivity index (χ1v) is 8.69. The van der Waals surface area contributed by atoms with Gasteiger partial charge in [0.1, 0.15) is 0 Å². The molecule has 0 spiro atoms. The van der Waals surface area contributed by atoms with Gasteiger partial charge < -0.3 is 10.5 Å². The van der Waals surface area contributed by atoms with E-state index in [1.807, 2.05) is 0 Å². The van der Waals surface area contributed by atoms with Crippen molar-refractivity contribution in [1.29, 1.82) is 0 Å². The second-order valence-electron chi connectivity index (χ2n) is 8.40. The van der Waals surface area contributed by atoms with Crippen molar-refractivity contribution < 1.29 is 4.74 Å². The predicted octanol–water partition coefficient (Wildman–Crippen LogP) is 3.52. The Morgan fingerprint density at radius 1 is 1.24 bits per heavy atom. The van der Waals surface area contributed by atoms with Gasteiger partial charge in [-0.3, -0.25) is 4.90 Å². The molecule has 0 aromatic rings. The quantitative estimate of drug-likeness (QED) is 0.781. The van der Waals surface area contributed by atoms with Gasteiger partial charge in [0.2, 0.25) is 0 Å². The Hall–Kier alpha value is -0.120. The molecular formula is C18H38N2O. The van der Waals surface area contributed by atoms with E-state index < -0.39 is 0 Å². The maximum atomic E-state index is 6.26. The van der Waals surface area contributed by atoms with Crippen LogP contribution in [0.1, 0.15) is 60.3 Å². The van der Waals surface area contributed by atoms with Crippen molar-refractivity contribution >= 4 is 0 Å². The van der Waals surface area contributed by atoms with E-state index in [1.54, 1.807) is 7.11 Å². The van der Waals surface area contributed by atoms with Gasteiger partial charge in [-0.05, 0) is 42.9 Å². The van der Waals surface area contributed by atoms with Gasteiger partial charge in [0.15, 0.2) is 0 Å². The average molecular weight is 299 g/mol. The minimum Gasteiger partial charge on any atom is -0.383 e. The Balaban J connectivity index is 2.77. The van der Waals surface area contributed by atoms with Crippen LogP contribution in [0.15, 0.2) is 0 Å². The van der Waals surface area contributed by atoms with Crippen molar-refractivity contribution in [3.63, 3.8) is 0 Å². The Morgan fingerprint density at radius 2 is 1.81 bits per heavy atom. The van der Waals surface area contributed by atoms with Crippen LogP contribution >= 0.6 is 0 Å². The summed E-state index contributed by atoms with van der Waals surface area (Å²) in [4.78, 5) is 2.63. The lowest BCUT2D eigenvalue weighted by molar-refractivity contribution is 0.0000732. The number of hydrogen-bond acceptors (Lipinski definition) is 3. The highest BCUT2D eigenvalue weighted by atomic mass is 16.5. The first-order chi connectivity index (χ1) is 9.75. The fourth-order valence-corrected chi connectivity index (χ4v) is 3.83. The van der Waals surface area contributed by atoms with Gasteiger partial charge in [0.25, 0.3) is 0 Å². The molecule has 0 aromatic carbocycles. The minimum absolute atomic E-state index is 0.199. The monoisotopic (exact) mass is 298 g/mol. The lowest BCUT2D eigenvalue weighted by Crippen LogP contribution is -2.58. The first-order valence-electron chi connectivity index (χ1n) is 8.69. The third-order valence-corrected chi connectivity index (χ3v) is 5.34. The molecule has 0 bridgehead atoms. The van der Waals surface area contributed by atoms with Gasteiger partial charge in [-0.15, -0.1) is 0 Å². The largest absolute Gasteiger partial charge is 0.383 e. The van der Waals surface area contributed by atoms with Crippen molar-refractivity contribution in [1.82, 2.24) is 4.90 Å². The van der Waals surface area contributed by atoms with E-state index in [4.69, 9.17) is 10.5 Å². The minimum atomic E-state index is 0.199. The van der Waals surface area contributed by atoms with Crippen LogP contribution in [0.5, 0.6) is 0 Å². The van der Waals surface area contributed by atoms with Crippen LogP contribution in [0, 0.1) is 17.3 Å². The molecular weight excluding hydrogens is 260 g/mol. The van der Waals surface area contributed by atoms with E-state index in [9.17, 15) is 0 Å². The number of hydrogen-bond donors (Lipinski definition) is 1. The van der Waals surface area contributed by atoms with Crippen molar-refractivity contribution in [2.45, 2.75) is 65.8 Å². The second-order valence-corrected chi connectivity index (χ2v) is 8.40. The molecule has 126 valence electrons. The van der Waals surface area contributed by atoms with E-state index in [0.717, 1.165) is 32.2 Å². The summed E-state index contributed by atoms with van der Waals surface area (Å²) in [6, 6.07) is 0. The SMILES string of the molecule is COCCN(CC(C)C)C1(CN)CCC(C(C)(C)C)CC1. The molecule has 1 rings (SSSR count). The fourth-order valence-electron chi connectivity index (χ4n) is 3.83. The zero-order valence-electron chi connectivity index (χ0n) is 15.2. The summed E-state index contributed by atoms with van der Waals surface area (Å²) in [5.41, 5.74) is 6.88. The van der Waals surface area contributed by atoms with E-state index >= 15 is 0 Å². The summed E-state index contributed by atoms with van der Waals surface area (Å²) in [5.74, 6) is 1.51. The van der Waals surface area contributed by atoms with Gasteiger partial charge in [0.05, 0.1) is 6.61 Å². The van der Waals surface area contributed by atoms with Crippen LogP contribution in [0.25, 0.3) is 0 Å². The Bertz CT molecular complexity index is 288. The standard InChI is InChI=1S/C18H38N2O/c1-15(2)13-20(11-12-21-6)18(14-19)9-7-16(8-10-18)17(3,4)5/h15-16H,7-14,19H2,1-6H3. The summed E-state index contributed by atoms with van der Waals surface area (Å²) in [5, 5.41) is 0. The Morgan fingerprint density at radius 3 is 2.19 bits per heavy atom. The predicted molar refractivity (Wildman–Crippen MR) is 91.5 cm³/mol. The highest BCUT2D eigenvalue weighted by molar-refractivity contribution is 4.97. The van der Waals surface area contributed by atoms with Gasteiger partial charge in [-0.25, -0.2) is 0 Å². The van der Waals surface area contributed by atoms with E-state index in [0.29, 0.717) is 11.3 Å². The van der Waals surface area contributed by atoms with Gasteiger partial charge >= 0.3 is 0 Å². The molecule has 1 aliphatic rings. The number of nitrogens with two attached hydrogens (primary N) is 1. The van der Waals surface area contributed by atoms with Gasteiger partial charge in [-0.2, -0.15) is 0 Å². The molecule has 21 heavy (non-hydrogen) atoms. The molecule has 0 heterocycles. The summed E-state index contributed by atoms with van der Waals surface area (Å²) in [6.07, 6.45) is 5.09. The van der Waals surface area contributed by atoms with E-state index in [2.05, 4.69) is 39.5 Å². The molecule has 0 aromatic heterocycles. The lowest BCUT2D eigenvalue weighted by atomic mass is 9.66. The average Bonchev–Trinajstić information content (AvgIpc) is 2.42. The second kappa shape index (κ2) is 7.94. The van der Waals surface area contributed by atoms with Crippen molar-refractivity contribution in [2.75, 3.05) is 33.4 Å². The Labute approximate surface area is 132 Å². The van der Waals surface area contributed by atoms with Crippen molar-refractivity contribution in [3.05, 3.63) is 0 Å². The number of rotatable bonds is 7. The molecule has 2 N–H and O–H groups in total. The van der Waals surface area contributed by atoms with Crippen molar-refractivity contribution in [2.24, 2.45) is 23.0 Å². The van der Waals surface area contributed by atoms with Crippen LogP contribution in [0.2, 0.25) is 0 Å². The maximum absolute atomic E-state index is 6.26. The summed E-state index contributed by atoms with van der Waals surface area (Å²) in [6.45, 7) is 15.4. The van der Waals surface area contributed by atoms with Gasteiger partial charge in [-0.1, -0.05) is 34.6 Å². The third-order valence-electron chi connectivity index (χ3n) is 5.34. The zero-order chi connectivity index (χ0) is 16.1. The molecule has 0 aliphatic heterocycles. The molecule has 0 amide bonds. The highest BCUT2D eigenvalue weighted by Crippen LogP contribution is 2.43. The van der Waals surface area contributed by atoms with Crippen LogP contribution in [-0.2, 0) is 4.74 Å². The van der Waals surface area contributed by atoms with Crippen LogP contribution in [-0.4, -0.2) is 43.8 Å². The molecule has 0 unspecified atom stereocenters. The topological polar surface area (TPSA) is 38.5 Å². The maximum Gasteiger partial charge on any atom is 0.0589 e. The van der Waals surface area contributed by atoms with E-state index in [1.165, 1.54) is 25.7 Å². The third kappa shape index (κ3) is 5.22. The Kier molecular flexibility index (Phi) is 7.15. The molecule has 3 nitrogen and oxygen atoms in total. The van der Waals surface area contributed by atoms with Crippen LogP contribution < -0.4 is 5.73 Å². The fraction of sp³-hybridized carbons (Fsp3) is 1.00. The van der Waals surface area contributed by atoms with Gasteiger partial charge in [0, 0.05) is 32.3 Å². The van der Waals surface area contributed by atoms with E-state index in [-0.39, 0.29) is 5.54 Å². The number of ether oxygens (including phenoxy) is 1. The highest BCUT2D eigenvalue weighted by Gasteiger charge is 2.41. The molecule has 0 saturated heterocycles. The molecule has 1 saturated carbocycles. The first kappa shape index (κ1) is 18.9. The summed E-state index contributed by atoms with van der Waals surface area (Å²) in [7, 11) is 1.79. The smallest absolute Gasteiger partial charge is 0.0589 e. The lowest BCUT2D eigenvalue weighted by Gasteiger charge is -2.50. The summed E-state index contributed by atoms with van der Waals surface area (Å²) < 4.78 is 5.33. The zero-order valence-corrected chi connectivity index (χ0v) is 15.2. The molecule has 0 atom stereocenters. The normalized spacial score (nSPS) is 27.6. The molecule has 1 fully saturated rings. The number of nitrogens with zero attached hydrogens (tertiary/aromatic N) is 1. The molecule has 1 aliphatic carbocycles. The molecule has 3 heteroatoms. The number of methoxy groups -OCH3 is 1. The van der Waals surface area contributed by atoms with Crippen molar-refractivity contribution in [3.8, 4) is 0 Å². The van der Waals surface area contributed by atoms with Crippen LogP contribution in [0.4, 0.5) is 0 Å². The summed E-state index contributed by atoms with van der Waals surface area (Å²) >= 11 is 0. The van der Waals surface area contributed by atoms with Crippen LogP contribution in [0.3, 0.4) is 0 Å². The molecule has 0 radical (unpaired) electrons.